The maximum atomic E-state index is 12.4. The van der Waals surface area contributed by atoms with E-state index in [1.54, 1.807) is 6.08 Å². The standard InChI is InChI=1S/C20H28N2O5S/c1-2-3-12-21-19(23)16-27-20(24)18-9-13-22(14-10-18)28(25,26)15-11-17-7-5-4-6-8-17/h4-8,11,15,18H,2-3,9-10,12-14,16H2,1H3,(H,21,23)/b15-11+. The molecule has 0 atom stereocenters. The van der Waals surface area contributed by atoms with Gasteiger partial charge >= 0.3 is 5.97 Å². The molecule has 1 fully saturated rings. The number of rotatable bonds is 9. The summed E-state index contributed by atoms with van der Waals surface area (Å²) in [5.41, 5.74) is 0.807. The number of nitrogens with zero attached hydrogens (tertiary/aromatic N) is 1. The van der Waals surface area contributed by atoms with Gasteiger partial charge in [0.1, 0.15) is 0 Å². The van der Waals surface area contributed by atoms with Crippen molar-refractivity contribution in [2.75, 3.05) is 26.2 Å². The van der Waals surface area contributed by atoms with Crippen molar-refractivity contribution in [2.24, 2.45) is 5.92 Å². The molecule has 8 heteroatoms. The number of nitrogens with one attached hydrogen (secondary N) is 1. The molecule has 1 heterocycles. The molecule has 1 aromatic carbocycles. The smallest absolute Gasteiger partial charge is 0.309 e. The molecule has 1 amide bonds. The predicted octanol–water partition coefficient (Wildman–Crippen LogP) is 2.16. The number of esters is 1. The minimum absolute atomic E-state index is 0.254. The van der Waals surface area contributed by atoms with E-state index in [2.05, 4.69) is 5.32 Å². The summed E-state index contributed by atoms with van der Waals surface area (Å²) in [7, 11) is -3.53. The molecule has 1 N–H and O–H groups in total. The zero-order valence-corrected chi connectivity index (χ0v) is 17.0. The molecule has 154 valence electrons. The molecule has 7 nitrogen and oxygen atoms in total. The van der Waals surface area contributed by atoms with Crippen molar-refractivity contribution in [2.45, 2.75) is 32.6 Å². The van der Waals surface area contributed by atoms with Crippen LogP contribution in [-0.4, -0.2) is 50.8 Å². The van der Waals surface area contributed by atoms with Crippen LogP contribution >= 0.6 is 0 Å². The van der Waals surface area contributed by atoms with Crippen LogP contribution in [0.4, 0.5) is 0 Å². The zero-order valence-electron chi connectivity index (χ0n) is 16.2. The van der Waals surface area contributed by atoms with E-state index in [0.717, 1.165) is 18.4 Å². The van der Waals surface area contributed by atoms with Crippen molar-refractivity contribution in [3.8, 4) is 0 Å². The van der Waals surface area contributed by atoms with Crippen LogP contribution in [0.5, 0.6) is 0 Å². The molecular weight excluding hydrogens is 380 g/mol. The highest BCUT2D eigenvalue weighted by atomic mass is 32.2. The van der Waals surface area contributed by atoms with Crippen molar-refractivity contribution < 1.29 is 22.7 Å². The molecule has 1 aliphatic heterocycles. The summed E-state index contributed by atoms with van der Waals surface area (Å²) in [6.07, 6.45) is 4.18. The third kappa shape index (κ3) is 7.09. The summed E-state index contributed by atoms with van der Waals surface area (Å²) in [4.78, 5) is 23.7. The summed E-state index contributed by atoms with van der Waals surface area (Å²) in [5.74, 6) is -1.14. The van der Waals surface area contributed by atoms with Crippen molar-refractivity contribution >= 4 is 28.0 Å². The Bertz CT molecular complexity index is 769. The number of ether oxygens (including phenoxy) is 1. The highest BCUT2D eigenvalue weighted by molar-refractivity contribution is 7.92. The van der Waals surface area contributed by atoms with E-state index in [1.165, 1.54) is 9.71 Å². The van der Waals surface area contributed by atoms with Crippen LogP contribution in [0.1, 0.15) is 38.2 Å². The lowest BCUT2D eigenvalue weighted by Gasteiger charge is -2.29. The first-order valence-corrected chi connectivity index (χ1v) is 11.1. The highest BCUT2D eigenvalue weighted by Crippen LogP contribution is 2.22. The first kappa shape index (κ1) is 22.1. The third-order valence-electron chi connectivity index (χ3n) is 4.58. The number of hydrogen-bond donors (Lipinski definition) is 1. The predicted molar refractivity (Wildman–Crippen MR) is 108 cm³/mol. The molecule has 0 radical (unpaired) electrons. The molecule has 2 rings (SSSR count). The Kier molecular flexibility index (Phi) is 8.66. The second-order valence-corrected chi connectivity index (χ2v) is 8.56. The molecule has 1 aliphatic rings. The van der Waals surface area contributed by atoms with Crippen molar-refractivity contribution in [1.82, 2.24) is 9.62 Å². The quantitative estimate of drug-likeness (QED) is 0.499. The Morgan fingerprint density at radius 2 is 1.89 bits per heavy atom. The zero-order chi connectivity index (χ0) is 20.4. The summed E-state index contributed by atoms with van der Waals surface area (Å²) in [5, 5.41) is 3.88. The highest BCUT2D eigenvalue weighted by Gasteiger charge is 2.31. The summed E-state index contributed by atoms with van der Waals surface area (Å²) in [6.45, 7) is 2.81. The van der Waals surface area contributed by atoms with Gasteiger partial charge in [-0.15, -0.1) is 0 Å². The molecule has 1 saturated heterocycles. The van der Waals surface area contributed by atoms with Crippen molar-refractivity contribution in [1.29, 1.82) is 0 Å². The number of hydrogen-bond acceptors (Lipinski definition) is 5. The SMILES string of the molecule is CCCCNC(=O)COC(=O)C1CCN(S(=O)(=O)/C=C/c2ccccc2)CC1. The van der Waals surface area contributed by atoms with Crippen LogP contribution in [-0.2, 0) is 24.3 Å². The Hall–Kier alpha value is -2.19. The Labute approximate surface area is 166 Å². The second-order valence-electron chi connectivity index (χ2n) is 6.74. The molecule has 1 aromatic rings. The first-order valence-electron chi connectivity index (χ1n) is 9.59. The number of piperidine rings is 1. The normalized spacial score (nSPS) is 16.2. The van der Waals surface area contributed by atoms with Gasteiger partial charge in [0.15, 0.2) is 6.61 Å². The minimum atomic E-state index is -3.53. The van der Waals surface area contributed by atoms with Crippen LogP contribution in [0, 0.1) is 5.92 Å². The van der Waals surface area contributed by atoms with E-state index >= 15 is 0 Å². The van der Waals surface area contributed by atoms with E-state index < -0.39 is 16.0 Å². The molecule has 0 aromatic heterocycles. The Morgan fingerprint density at radius 3 is 2.54 bits per heavy atom. The van der Waals surface area contributed by atoms with Crippen molar-refractivity contribution in [3.05, 3.63) is 41.3 Å². The number of carbonyl (C=O) groups excluding carboxylic acids is 2. The van der Waals surface area contributed by atoms with Crippen molar-refractivity contribution in [3.63, 3.8) is 0 Å². The summed E-state index contributed by atoms with van der Waals surface area (Å²) >= 11 is 0. The maximum Gasteiger partial charge on any atom is 0.309 e. The van der Waals surface area contributed by atoms with Gasteiger partial charge < -0.3 is 10.1 Å². The topological polar surface area (TPSA) is 92.8 Å². The van der Waals surface area contributed by atoms with Gasteiger partial charge in [0.05, 0.1) is 5.92 Å². The largest absolute Gasteiger partial charge is 0.455 e. The fourth-order valence-corrected chi connectivity index (χ4v) is 4.09. The third-order valence-corrected chi connectivity index (χ3v) is 6.14. The average molecular weight is 409 g/mol. The molecule has 0 unspecified atom stereocenters. The van der Waals surface area contributed by atoms with E-state index in [9.17, 15) is 18.0 Å². The fraction of sp³-hybridized carbons (Fsp3) is 0.500. The monoisotopic (exact) mass is 408 g/mol. The van der Waals surface area contributed by atoms with Crippen LogP contribution < -0.4 is 5.32 Å². The van der Waals surface area contributed by atoms with Crippen LogP contribution in [0.2, 0.25) is 0 Å². The fourth-order valence-electron chi connectivity index (χ4n) is 2.87. The lowest BCUT2D eigenvalue weighted by Crippen LogP contribution is -2.40. The van der Waals surface area contributed by atoms with Gasteiger partial charge in [0.2, 0.25) is 10.0 Å². The van der Waals surface area contributed by atoms with Gasteiger partial charge in [-0.25, -0.2) is 8.42 Å². The van der Waals surface area contributed by atoms with Crippen LogP contribution in [0.15, 0.2) is 35.7 Å². The van der Waals surface area contributed by atoms with Gasteiger partial charge in [0.25, 0.3) is 5.91 Å². The number of amides is 1. The Morgan fingerprint density at radius 1 is 1.21 bits per heavy atom. The van der Waals surface area contributed by atoms with E-state index in [1.807, 2.05) is 37.3 Å². The lowest BCUT2D eigenvalue weighted by molar-refractivity contribution is -0.153. The second kappa shape index (κ2) is 11.0. The minimum Gasteiger partial charge on any atom is -0.455 e. The van der Waals surface area contributed by atoms with Crippen LogP contribution in [0.3, 0.4) is 0 Å². The maximum absolute atomic E-state index is 12.4. The lowest BCUT2D eigenvalue weighted by atomic mass is 9.98. The molecule has 0 saturated carbocycles. The summed E-state index contributed by atoms with van der Waals surface area (Å²) < 4.78 is 31.3. The van der Waals surface area contributed by atoms with E-state index in [-0.39, 0.29) is 31.5 Å². The molecule has 0 bridgehead atoms. The number of unbranched alkanes of at least 4 members (excludes halogenated alkanes) is 1. The molecule has 28 heavy (non-hydrogen) atoms. The van der Waals surface area contributed by atoms with Crippen LogP contribution in [0.25, 0.3) is 6.08 Å². The van der Waals surface area contributed by atoms with Gasteiger partial charge in [-0.2, -0.15) is 4.31 Å². The first-order chi connectivity index (χ1) is 13.4. The van der Waals surface area contributed by atoms with E-state index in [4.69, 9.17) is 4.74 Å². The van der Waals surface area contributed by atoms with Gasteiger partial charge in [0, 0.05) is 25.0 Å². The number of benzene rings is 1. The molecule has 0 aliphatic carbocycles. The van der Waals surface area contributed by atoms with Gasteiger partial charge in [-0.1, -0.05) is 43.7 Å². The van der Waals surface area contributed by atoms with E-state index in [0.29, 0.717) is 19.4 Å². The average Bonchev–Trinajstić information content (AvgIpc) is 2.71. The number of sulfonamides is 1. The number of carbonyl (C=O) groups is 2. The summed E-state index contributed by atoms with van der Waals surface area (Å²) in [6, 6.07) is 9.20. The van der Waals surface area contributed by atoms with Gasteiger partial charge in [-0.3, -0.25) is 9.59 Å². The molecular formula is C20H28N2O5S. The molecule has 0 spiro atoms. The Balaban J connectivity index is 1.77. The van der Waals surface area contributed by atoms with Gasteiger partial charge in [-0.05, 0) is 30.9 Å².